The molecule has 148 valence electrons. The van der Waals surface area contributed by atoms with Gasteiger partial charge in [-0.3, -0.25) is 14.5 Å². The molecule has 0 aromatic heterocycles. The molecule has 0 unspecified atom stereocenters. The molecule has 0 saturated heterocycles. The van der Waals surface area contributed by atoms with Crippen LogP contribution >= 0.6 is 0 Å². The smallest absolute Gasteiger partial charge is 0.321 e. The van der Waals surface area contributed by atoms with Crippen LogP contribution in [0.4, 0.5) is 22.7 Å². The lowest BCUT2D eigenvalue weighted by Gasteiger charge is -2.22. The van der Waals surface area contributed by atoms with Gasteiger partial charge in [-0.25, -0.2) is 13.6 Å². The van der Waals surface area contributed by atoms with E-state index in [1.54, 1.807) is 54.6 Å². The van der Waals surface area contributed by atoms with Crippen molar-refractivity contribution in [1.82, 2.24) is 0 Å². The average Bonchev–Trinajstić information content (AvgIpc) is 2.70. The van der Waals surface area contributed by atoms with Crippen LogP contribution in [0.2, 0.25) is 0 Å². The Morgan fingerprint density at radius 1 is 0.793 bits per heavy atom. The van der Waals surface area contributed by atoms with Gasteiger partial charge in [-0.05, 0) is 60.7 Å². The molecule has 3 rings (SSSR count). The van der Waals surface area contributed by atoms with Crippen LogP contribution in [0.15, 0.2) is 83.8 Å². The summed E-state index contributed by atoms with van der Waals surface area (Å²) in [6, 6.07) is 20.4. The zero-order chi connectivity index (χ0) is 21.0. The summed E-state index contributed by atoms with van der Waals surface area (Å²) in [5, 5.41) is 7.51. The van der Waals surface area contributed by atoms with Gasteiger partial charge in [-0.2, -0.15) is 0 Å². The second kappa shape index (κ2) is 8.13. The molecule has 9 heteroatoms. The number of amides is 2. The minimum atomic E-state index is -3.85. The first-order valence-electron chi connectivity index (χ1n) is 8.44. The molecule has 29 heavy (non-hydrogen) atoms. The highest BCUT2D eigenvalue weighted by Gasteiger charge is 2.25. The van der Waals surface area contributed by atoms with Gasteiger partial charge in [0.2, 0.25) is 10.0 Å². The third kappa shape index (κ3) is 4.78. The van der Waals surface area contributed by atoms with Crippen molar-refractivity contribution in [3.63, 3.8) is 0 Å². The van der Waals surface area contributed by atoms with Crippen LogP contribution in [0.1, 0.15) is 0 Å². The van der Waals surface area contributed by atoms with E-state index < -0.39 is 21.8 Å². The van der Waals surface area contributed by atoms with Gasteiger partial charge in [-0.1, -0.05) is 18.2 Å². The molecule has 0 aliphatic heterocycles. The molecular weight excluding hydrogens is 392 g/mol. The Hall–Kier alpha value is -3.69. The Morgan fingerprint density at radius 3 is 1.90 bits per heavy atom. The number of primary sulfonamides is 1. The Bertz CT molecular complexity index is 1130. The maximum Gasteiger partial charge on any atom is 0.321 e. The first-order valence-corrected chi connectivity index (χ1v) is 9.99. The van der Waals surface area contributed by atoms with E-state index in [4.69, 9.17) is 10.9 Å². The number of sulfonamides is 1. The third-order valence-electron chi connectivity index (χ3n) is 4.00. The van der Waals surface area contributed by atoms with Gasteiger partial charge in [-0.15, -0.1) is 0 Å². The van der Waals surface area contributed by atoms with Crippen LogP contribution in [0.25, 0.3) is 0 Å². The van der Waals surface area contributed by atoms with Crippen molar-refractivity contribution in [1.29, 1.82) is 0 Å². The summed E-state index contributed by atoms with van der Waals surface area (Å²) in [7, 11) is -3.85. The highest BCUT2D eigenvalue weighted by atomic mass is 32.2. The highest BCUT2D eigenvalue weighted by molar-refractivity contribution is 7.89. The molecule has 0 bridgehead atoms. The van der Waals surface area contributed by atoms with Crippen molar-refractivity contribution in [2.75, 3.05) is 16.0 Å². The number of hydrogen-bond acceptors (Lipinski definition) is 5. The summed E-state index contributed by atoms with van der Waals surface area (Å²) in [5.74, 6) is -1.72. The largest absolute Gasteiger partial charge is 0.399 e. The molecular formula is C20H18N4O4S. The molecule has 3 aromatic carbocycles. The highest BCUT2D eigenvalue weighted by Crippen LogP contribution is 2.26. The van der Waals surface area contributed by atoms with Crippen molar-refractivity contribution in [2.45, 2.75) is 4.90 Å². The lowest BCUT2D eigenvalue weighted by atomic mass is 10.2. The summed E-state index contributed by atoms with van der Waals surface area (Å²) >= 11 is 0. The maximum atomic E-state index is 12.9. The topological polar surface area (TPSA) is 136 Å². The maximum absolute atomic E-state index is 12.9. The number of carbonyl (C=O) groups is 2. The van der Waals surface area contributed by atoms with Gasteiger partial charge in [0.05, 0.1) is 4.90 Å². The number of nitrogens with one attached hydrogen (secondary N) is 1. The fourth-order valence-electron chi connectivity index (χ4n) is 2.60. The Morgan fingerprint density at radius 2 is 1.34 bits per heavy atom. The van der Waals surface area contributed by atoms with Gasteiger partial charge in [0, 0.05) is 22.7 Å². The second-order valence-corrected chi connectivity index (χ2v) is 7.65. The molecule has 2 amide bonds. The second-order valence-electron chi connectivity index (χ2n) is 6.09. The van der Waals surface area contributed by atoms with E-state index in [-0.39, 0.29) is 10.6 Å². The van der Waals surface area contributed by atoms with Crippen molar-refractivity contribution < 1.29 is 18.0 Å². The van der Waals surface area contributed by atoms with E-state index in [2.05, 4.69) is 5.32 Å². The van der Waals surface area contributed by atoms with Crippen LogP contribution in [-0.2, 0) is 19.6 Å². The van der Waals surface area contributed by atoms with Crippen LogP contribution < -0.4 is 21.1 Å². The number of carbonyl (C=O) groups excluding carboxylic acids is 2. The summed E-state index contributed by atoms with van der Waals surface area (Å²) in [6.07, 6.45) is 0. The molecule has 0 atom stereocenters. The lowest BCUT2D eigenvalue weighted by molar-refractivity contribution is -0.134. The van der Waals surface area contributed by atoms with Crippen molar-refractivity contribution in [3.8, 4) is 0 Å². The molecule has 0 aliphatic carbocycles. The third-order valence-corrected chi connectivity index (χ3v) is 4.93. The van der Waals surface area contributed by atoms with Gasteiger partial charge in [0.15, 0.2) is 0 Å². The number of anilines is 4. The standard InChI is InChI=1S/C20H18N4O4S/c21-14-6-10-17(11-7-14)24(16-4-2-1-3-5-16)20(26)19(25)23-15-8-12-18(13-9-15)29(22,27)28/h1-13H,21H2,(H,23,25)(H2,22,27,28). The number of para-hydroxylation sites is 1. The Kier molecular flexibility index (Phi) is 5.62. The average molecular weight is 410 g/mol. The first kappa shape index (κ1) is 20.1. The molecule has 3 aromatic rings. The van der Waals surface area contributed by atoms with Crippen molar-refractivity contribution in [3.05, 3.63) is 78.9 Å². The number of nitrogen functional groups attached to an aromatic ring is 1. The van der Waals surface area contributed by atoms with Crippen LogP contribution in [0.3, 0.4) is 0 Å². The first-order chi connectivity index (χ1) is 13.8. The normalized spacial score (nSPS) is 10.9. The fraction of sp³-hybridized carbons (Fsp3) is 0. The molecule has 8 nitrogen and oxygen atoms in total. The zero-order valence-electron chi connectivity index (χ0n) is 15.1. The molecule has 0 heterocycles. The summed E-state index contributed by atoms with van der Waals surface area (Å²) in [5.41, 5.74) is 7.45. The number of rotatable bonds is 4. The van der Waals surface area contributed by atoms with E-state index in [1.807, 2.05) is 0 Å². The number of nitrogens with two attached hydrogens (primary N) is 2. The van der Waals surface area contributed by atoms with Crippen molar-refractivity contribution in [2.24, 2.45) is 5.14 Å². The van der Waals surface area contributed by atoms with Crippen LogP contribution in [0, 0.1) is 0 Å². The molecule has 5 N–H and O–H groups in total. The summed E-state index contributed by atoms with van der Waals surface area (Å²) in [4.78, 5) is 26.7. The van der Waals surface area contributed by atoms with E-state index in [0.29, 0.717) is 17.1 Å². The molecule has 0 spiro atoms. The van der Waals surface area contributed by atoms with Gasteiger partial charge < -0.3 is 11.1 Å². The SMILES string of the molecule is Nc1ccc(N(C(=O)C(=O)Nc2ccc(S(N)(=O)=O)cc2)c2ccccc2)cc1. The predicted molar refractivity (Wildman–Crippen MR) is 111 cm³/mol. The van der Waals surface area contributed by atoms with Gasteiger partial charge in [0.25, 0.3) is 0 Å². The minimum Gasteiger partial charge on any atom is -0.399 e. The van der Waals surface area contributed by atoms with E-state index >= 15 is 0 Å². The van der Waals surface area contributed by atoms with Gasteiger partial charge >= 0.3 is 11.8 Å². The summed E-state index contributed by atoms with van der Waals surface area (Å²) in [6.45, 7) is 0. The molecule has 0 aliphatic rings. The van der Waals surface area contributed by atoms with Crippen molar-refractivity contribution >= 4 is 44.6 Å². The van der Waals surface area contributed by atoms with Crippen LogP contribution in [-0.4, -0.2) is 20.2 Å². The minimum absolute atomic E-state index is 0.102. The summed E-state index contributed by atoms with van der Waals surface area (Å²) < 4.78 is 22.6. The number of nitrogens with zero attached hydrogens (tertiary/aromatic N) is 1. The monoisotopic (exact) mass is 410 g/mol. The number of hydrogen-bond donors (Lipinski definition) is 3. The van der Waals surface area contributed by atoms with E-state index in [9.17, 15) is 18.0 Å². The molecule has 0 fully saturated rings. The zero-order valence-corrected chi connectivity index (χ0v) is 16.0. The quantitative estimate of drug-likeness (QED) is 0.448. The Balaban J connectivity index is 1.87. The van der Waals surface area contributed by atoms with E-state index in [1.165, 1.54) is 29.2 Å². The Labute approximate surface area is 167 Å². The predicted octanol–water partition coefficient (Wildman–Crippen LogP) is 2.22. The lowest BCUT2D eigenvalue weighted by Crippen LogP contribution is -2.36. The van der Waals surface area contributed by atoms with Gasteiger partial charge in [0.1, 0.15) is 0 Å². The molecule has 0 radical (unpaired) electrons. The number of benzene rings is 3. The van der Waals surface area contributed by atoms with E-state index in [0.717, 1.165) is 0 Å². The fourth-order valence-corrected chi connectivity index (χ4v) is 3.11. The van der Waals surface area contributed by atoms with Crippen LogP contribution in [0.5, 0.6) is 0 Å². The molecule has 0 saturated carbocycles.